The summed E-state index contributed by atoms with van der Waals surface area (Å²) in [6.07, 6.45) is 8.43. The maximum atomic E-state index is 12.6. The summed E-state index contributed by atoms with van der Waals surface area (Å²) in [7, 11) is 3.46. The summed E-state index contributed by atoms with van der Waals surface area (Å²) in [6, 6.07) is -0.523. The summed E-state index contributed by atoms with van der Waals surface area (Å²) in [6.45, 7) is 3.97. The highest BCUT2D eigenvalue weighted by atomic mass is 16.2. The molecule has 0 radical (unpaired) electrons. The number of aromatic nitrogens is 6. The first-order valence-electron chi connectivity index (χ1n) is 8.44. The van der Waals surface area contributed by atoms with E-state index in [1.165, 1.54) is 10.9 Å². The van der Waals surface area contributed by atoms with Gasteiger partial charge in [-0.3, -0.25) is 23.6 Å². The molecule has 0 aromatic carbocycles. The molecular weight excluding hydrogens is 348 g/mol. The van der Waals surface area contributed by atoms with Crippen molar-refractivity contribution in [3.05, 3.63) is 47.8 Å². The lowest BCUT2D eigenvalue weighted by atomic mass is 10.2. The van der Waals surface area contributed by atoms with Crippen LogP contribution in [-0.4, -0.2) is 41.2 Å². The van der Waals surface area contributed by atoms with E-state index in [4.69, 9.17) is 0 Å². The van der Waals surface area contributed by atoms with Crippen LogP contribution in [0.5, 0.6) is 0 Å². The van der Waals surface area contributed by atoms with Crippen LogP contribution in [0.1, 0.15) is 34.6 Å². The molecule has 1 unspecified atom stereocenters. The number of nitrogens with zero attached hydrogens (tertiary/aromatic N) is 6. The van der Waals surface area contributed by atoms with Crippen molar-refractivity contribution in [3.63, 3.8) is 0 Å². The van der Waals surface area contributed by atoms with Gasteiger partial charge in [0.1, 0.15) is 11.7 Å². The second kappa shape index (κ2) is 7.44. The van der Waals surface area contributed by atoms with Crippen molar-refractivity contribution >= 4 is 17.5 Å². The summed E-state index contributed by atoms with van der Waals surface area (Å²) in [5.41, 5.74) is 2.46. The van der Waals surface area contributed by atoms with E-state index in [0.717, 1.165) is 11.1 Å². The van der Waals surface area contributed by atoms with Crippen molar-refractivity contribution in [2.45, 2.75) is 26.4 Å². The predicted molar refractivity (Wildman–Crippen MR) is 97.9 cm³/mol. The monoisotopic (exact) mass is 370 g/mol. The third-order valence-corrected chi connectivity index (χ3v) is 4.13. The van der Waals surface area contributed by atoms with Crippen LogP contribution in [0.2, 0.25) is 0 Å². The Kier molecular flexibility index (Phi) is 5.06. The molecule has 0 saturated heterocycles. The number of nitrogens with one attached hydrogen (secondary N) is 2. The average molecular weight is 370 g/mol. The number of carbonyl (C=O) groups excluding carboxylic acids is 2. The molecule has 0 bridgehead atoms. The zero-order valence-corrected chi connectivity index (χ0v) is 15.7. The van der Waals surface area contributed by atoms with E-state index < -0.39 is 6.04 Å². The maximum Gasteiger partial charge on any atom is 0.271 e. The first kappa shape index (κ1) is 18.4. The van der Waals surface area contributed by atoms with Crippen molar-refractivity contribution < 1.29 is 9.59 Å². The molecule has 2 N–H and O–H groups in total. The number of aryl methyl sites for hydroxylation is 3. The van der Waals surface area contributed by atoms with E-state index in [1.807, 2.05) is 20.2 Å². The summed E-state index contributed by atoms with van der Waals surface area (Å²) in [4.78, 5) is 25.1. The van der Waals surface area contributed by atoms with Crippen LogP contribution < -0.4 is 10.6 Å². The Hall–Kier alpha value is -3.43. The zero-order chi connectivity index (χ0) is 19.6. The van der Waals surface area contributed by atoms with Crippen LogP contribution >= 0.6 is 0 Å². The maximum absolute atomic E-state index is 12.6. The Balaban J connectivity index is 1.70. The molecule has 0 fully saturated rings. The minimum Gasteiger partial charge on any atom is -0.346 e. The fourth-order valence-electron chi connectivity index (χ4n) is 2.63. The lowest BCUT2D eigenvalue weighted by molar-refractivity contribution is -0.119. The summed E-state index contributed by atoms with van der Waals surface area (Å²) in [5.74, 6) is -0.621. The number of carbonyl (C=O) groups is 2. The van der Waals surface area contributed by atoms with E-state index in [2.05, 4.69) is 25.9 Å². The number of rotatable bonds is 6. The van der Waals surface area contributed by atoms with E-state index >= 15 is 0 Å². The first-order valence-corrected chi connectivity index (χ1v) is 8.44. The van der Waals surface area contributed by atoms with Crippen LogP contribution in [0.15, 0.2) is 31.0 Å². The van der Waals surface area contributed by atoms with Crippen molar-refractivity contribution in [1.29, 1.82) is 0 Å². The normalized spacial score (nSPS) is 12.0. The largest absolute Gasteiger partial charge is 0.346 e. The van der Waals surface area contributed by atoms with Crippen LogP contribution in [0.4, 0.5) is 5.69 Å². The molecule has 2 amide bonds. The average Bonchev–Trinajstić information content (AvgIpc) is 3.33. The van der Waals surface area contributed by atoms with E-state index in [1.54, 1.807) is 41.9 Å². The number of hydrogen-bond acceptors (Lipinski definition) is 5. The van der Waals surface area contributed by atoms with Gasteiger partial charge >= 0.3 is 0 Å². The highest BCUT2D eigenvalue weighted by Gasteiger charge is 2.22. The molecular formula is C17H22N8O2. The Morgan fingerprint density at radius 1 is 1.11 bits per heavy atom. The van der Waals surface area contributed by atoms with Gasteiger partial charge < -0.3 is 10.6 Å². The molecule has 0 aliphatic rings. The van der Waals surface area contributed by atoms with Gasteiger partial charge in [-0.2, -0.15) is 15.3 Å². The molecule has 27 heavy (non-hydrogen) atoms. The quantitative estimate of drug-likeness (QED) is 0.666. The van der Waals surface area contributed by atoms with Gasteiger partial charge in [0.25, 0.3) is 5.91 Å². The van der Waals surface area contributed by atoms with Gasteiger partial charge in [0.2, 0.25) is 5.91 Å². The second-order valence-electron chi connectivity index (χ2n) is 6.40. The van der Waals surface area contributed by atoms with Crippen molar-refractivity contribution in [2.75, 3.05) is 5.32 Å². The summed E-state index contributed by atoms with van der Waals surface area (Å²) in [5, 5.41) is 17.9. The Morgan fingerprint density at radius 3 is 2.52 bits per heavy atom. The lowest BCUT2D eigenvalue weighted by Crippen LogP contribution is -2.28. The minimum absolute atomic E-state index is 0.274. The molecule has 142 valence electrons. The lowest BCUT2D eigenvalue weighted by Gasteiger charge is -2.13. The first-order chi connectivity index (χ1) is 12.8. The fourth-order valence-corrected chi connectivity index (χ4v) is 2.63. The van der Waals surface area contributed by atoms with Gasteiger partial charge in [-0.25, -0.2) is 0 Å². The van der Waals surface area contributed by atoms with Gasteiger partial charge in [0, 0.05) is 38.6 Å². The fraction of sp³-hybridized carbons (Fsp3) is 0.353. The molecule has 10 nitrogen and oxygen atoms in total. The van der Waals surface area contributed by atoms with Crippen LogP contribution in [0, 0.1) is 6.92 Å². The van der Waals surface area contributed by atoms with Crippen molar-refractivity contribution in [3.8, 4) is 0 Å². The Morgan fingerprint density at radius 2 is 1.89 bits per heavy atom. The topological polar surface area (TPSA) is 112 Å². The third kappa shape index (κ3) is 4.05. The van der Waals surface area contributed by atoms with Crippen LogP contribution in [-0.2, 0) is 25.4 Å². The number of hydrogen-bond donors (Lipinski definition) is 2. The predicted octanol–water partition coefficient (Wildman–Crippen LogP) is 0.788. The SMILES string of the molecule is Cc1cnn(C(C)C(=O)Nc2cnn(C)c2C(=O)NCc2cnn(C)c2)c1. The standard InChI is InChI=1S/C17H22N8O2/c1-11-5-21-25(9-11)12(2)16(26)22-14-8-20-24(4)15(14)17(27)18-6-13-7-19-23(3)10-13/h5,7-10,12H,6H2,1-4H3,(H,18,27)(H,22,26). The third-order valence-electron chi connectivity index (χ3n) is 4.13. The van der Waals surface area contributed by atoms with Crippen molar-refractivity contribution in [2.24, 2.45) is 14.1 Å². The zero-order valence-electron chi connectivity index (χ0n) is 15.7. The molecule has 0 aliphatic heterocycles. The Labute approximate surface area is 156 Å². The van der Waals surface area contributed by atoms with Crippen molar-refractivity contribution in [1.82, 2.24) is 34.7 Å². The minimum atomic E-state index is -0.523. The van der Waals surface area contributed by atoms with Crippen LogP contribution in [0.3, 0.4) is 0 Å². The summed E-state index contributed by atoms with van der Waals surface area (Å²) < 4.78 is 4.66. The molecule has 3 aromatic heterocycles. The van der Waals surface area contributed by atoms with Crippen LogP contribution in [0.25, 0.3) is 0 Å². The van der Waals surface area contributed by atoms with Gasteiger partial charge in [0.15, 0.2) is 0 Å². The van der Waals surface area contributed by atoms with Gasteiger partial charge in [0.05, 0.1) is 24.3 Å². The Bertz CT molecular complexity index is 967. The second-order valence-corrected chi connectivity index (χ2v) is 6.40. The molecule has 3 aromatic rings. The number of amides is 2. The highest BCUT2D eigenvalue weighted by molar-refractivity contribution is 6.03. The molecule has 3 rings (SSSR count). The molecule has 0 aliphatic carbocycles. The molecule has 0 saturated carbocycles. The van der Waals surface area contributed by atoms with Gasteiger partial charge in [-0.05, 0) is 19.4 Å². The van der Waals surface area contributed by atoms with Gasteiger partial charge in [-0.1, -0.05) is 0 Å². The molecule has 3 heterocycles. The summed E-state index contributed by atoms with van der Waals surface area (Å²) >= 11 is 0. The molecule has 0 spiro atoms. The van der Waals surface area contributed by atoms with E-state index in [-0.39, 0.29) is 17.5 Å². The molecule has 10 heteroatoms. The van der Waals surface area contributed by atoms with E-state index in [0.29, 0.717) is 12.2 Å². The highest BCUT2D eigenvalue weighted by Crippen LogP contribution is 2.17. The smallest absolute Gasteiger partial charge is 0.271 e. The molecule has 1 atom stereocenters. The number of anilines is 1. The van der Waals surface area contributed by atoms with Gasteiger partial charge in [-0.15, -0.1) is 0 Å². The van der Waals surface area contributed by atoms with E-state index in [9.17, 15) is 9.59 Å².